The third-order valence-electron chi connectivity index (χ3n) is 5.37. The molecule has 0 saturated heterocycles. The minimum Gasteiger partial charge on any atom is -0.493 e. The highest BCUT2D eigenvalue weighted by atomic mass is 16.5. The zero-order valence-corrected chi connectivity index (χ0v) is 19.9. The van der Waals surface area contributed by atoms with E-state index in [2.05, 4.69) is 15.8 Å². The van der Waals surface area contributed by atoms with Gasteiger partial charge in [-0.15, -0.1) is 0 Å². The van der Waals surface area contributed by atoms with Gasteiger partial charge in [-0.05, 0) is 55.5 Å². The highest BCUT2D eigenvalue weighted by molar-refractivity contribution is 5.97. The number of nitrogens with one attached hydrogen (secondary N) is 2. The third-order valence-corrected chi connectivity index (χ3v) is 5.37. The average molecular weight is 489 g/mol. The van der Waals surface area contributed by atoms with Gasteiger partial charge in [0.05, 0.1) is 30.8 Å². The number of carbonyl (C=O) groups is 3. The van der Waals surface area contributed by atoms with Crippen LogP contribution >= 0.6 is 0 Å². The molecule has 0 aliphatic rings. The van der Waals surface area contributed by atoms with Gasteiger partial charge in [0.25, 0.3) is 11.8 Å². The predicted molar refractivity (Wildman–Crippen MR) is 131 cm³/mol. The van der Waals surface area contributed by atoms with Crippen molar-refractivity contribution in [2.75, 3.05) is 20.8 Å². The molecular weight excluding hydrogens is 464 g/mol. The number of imidazole rings is 1. The molecule has 0 radical (unpaired) electrons. The van der Waals surface area contributed by atoms with Crippen molar-refractivity contribution in [3.8, 4) is 17.2 Å². The van der Waals surface area contributed by atoms with E-state index in [9.17, 15) is 14.4 Å². The molecule has 1 aromatic heterocycles. The monoisotopic (exact) mass is 488 g/mol. The number of aromatic nitrogens is 2. The summed E-state index contributed by atoms with van der Waals surface area (Å²) in [7, 11) is 2.93. The number of benzene rings is 3. The average Bonchev–Trinajstić information content (AvgIpc) is 3.25. The lowest BCUT2D eigenvalue weighted by atomic mass is 10.2. The van der Waals surface area contributed by atoms with Crippen LogP contribution in [0.3, 0.4) is 0 Å². The molecule has 10 nitrogen and oxygen atoms in total. The molecule has 184 valence electrons. The SMILES string of the molecule is COc1ccc(C(=O)NNC(=O)COC(=O)c2ccc3c(c2)nc(C)n3-c2ccccc2)cc1OC. The lowest BCUT2D eigenvalue weighted by Crippen LogP contribution is -2.43. The first-order valence-electron chi connectivity index (χ1n) is 10.9. The molecular formula is C26H24N4O6. The van der Waals surface area contributed by atoms with Crippen LogP contribution in [0.15, 0.2) is 66.7 Å². The third kappa shape index (κ3) is 5.12. The number of esters is 1. The first kappa shape index (κ1) is 24.3. The highest BCUT2D eigenvalue weighted by Crippen LogP contribution is 2.27. The molecule has 0 aliphatic carbocycles. The molecule has 0 aliphatic heterocycles. The Morgan fingerprint density at radius 1 is 0.861 bits per heavy atom. The van der Waals surface area contributed by atoms with Gasteiger partial charge >= 0.3 is 5.97 Å². The number of fused-ring (bicyclic) bond motifs is 1. The molecule has 3 aromatic carbocycles. The van der Waals surface area contributed by atoms with Gasteiger partial charge in [-0.1, -0.05) is 18.2 Å². The van der Waals surface area contributed by atoms with Crippen molar-refractivity contribution in [2.45, 2.75) is 6.92 Å². The Labute approximate surface area is 206 Å². The zero-order chi connectivity index (χ0) is 25.7. The normalized spacial score (nSPS) is 10.5. The molecule has 4 rings (SSSR count). The van der Waals surface area contributed by atoms with E-state index in [0.29, 0.717) is 17.0 Å². The molecule has 1 heterocycles. The number of nitrogens with zero attached hydrogens (tertiary/aromatic N) is 2. The van der Waals surface area contributed by atoms with Gasteiger partial charge in [0.2, 0.25) is 0 Å². The van der Waals surface area contributed by atoms with E-state index in [1.54, 1.807) is 24.3 Å². The van der Waals surface area contributed by atoms with Crippen LogP contribution in [0.4, 0.5) is 0 Å². The van der Waals surface area contributed by atoms with Gasteiger partial charge in [0, 0.05) is 11.3 Å². The maximum atomic E-state index is 12.5. The molecule has 0 spiro atoms. The van der Waals surface area contributed by atoms with Crippen molar-refractivity contribution in [3.05, 3.63) is 83.7 Å². The van der Waals surface area contributed by atoms with E-state index in [0.717, 1.165) is 17.0 Å². The van der Waals surface area contributed by atoms with Crippen molar-refractivity contribution in [3.63, 3.8) is 0 Å². The van der Waals surface area contributed by atoms with Gasteiger partial charge < -0.3 is 14.2 Å². The van der Waals surface area contributed by atoms with Crippen LogP contribution in [0.5, 0.6) is 11.5 Å². The number of hydrogen-bond donors (Lipinski definition) is 2. The fraction of sp³-hybridized carbons (Fsp3) is 0.154. The number of ether oxygens (including phenoxy) is 3. The van der Waals surface area contributed by atoms with E-state index in [1.807, 2.05) is 41.8 Å². The standard InChI is InChI=1S/C26H24N4O6/c1-16-27-20-13-18(9-11-21(20)30(16)19-7-5-4-6-8-19)26(33)36-15-24(31)28-29-25(32)17-10-12-22(34-2)23(14-17)35-3/h4-14H,15H2,1-3H3,(H,28,31)(H,29,32). The number of para-hydroxylation sites is 1. The summed E-state index contributed by atoms with van der Waals surface area (Å²) in [5.74, 6) is -0.374. The second kappa shape index (κ2) is 10.6. The van der Waals surface area contributed by atoms with Crippen molar-refractivity contribution in [2.24, 2.45) is 0 Å². The van der Waals surface area contributed by atoms with Crippen molar-refractivity contribution < 1.29 is 28.6 Å². The van der Waals surface area contributed by atoms with E-state index in [-0.39, 0.29) is 11.1 Å². The lowest BCUT2D eigenvalue weighted by molar-refractivity contribution is -0.125. The summed E-state index contributed by atoms with van der Waals surface area (Å²) < 4.78 is 17.4. The van der Waals surface area contributed by atoms with E-state index < -0.39 is 24.4 Å². The molecule has 36 heavy (non-hydrogen) atoms. The zero-order valence-electron chi connectivity index (χ0n) is 19.9. The van der Waals surface area contributed by atoms with Gasteiger partial charge in [0.15, 0.2) is 18.1 Å². The molecule has 2 amide bonds. The number of rotatable bonds is 7. The molecule has 0 bridgehead atoms. The maximum absolute atomic E-state index is 12.5. The summed E-state index contributed by atoms with van der Waals surface area (Å²) in [6, 6.07) is 19.3. The minimum absolute atomic E-state index is 0.239. The van der Waals surface area contributed by atoms with Crippen molar-refractivity contribution in [1.82, 2.24) is 20.4 Å². The number of carbonyl (C=O) groups excluding carboxylic acids is 3. The van der Waals surface area contributed by atoms with Crippen LogP contribution in [0.1, 0.15) is 26.5 Å². The largest absolute Gasteiger partial charge is 0.493 e. The van der Waals surface area contributed by atoms with Gasteiger partial charge in [-0.25, -0.2) is 9.78 Å². The van der Waals surface area contributed by atoms with Crippen molar-refractivity contribution in [1.29, 1.82) is 0 Å². The van der Waals surface area contributed by atoms with Crippen LogP contribution in [0.25, 0.3) is 16.7 Å². The van der Waals surface area contributed by atoms with Crippen molar-refractivity contribution >= 4 is 28.8 Å². The minimum atomic E-state index is -0.706. The molecule has 0 atom stereocenters. The molecule has 0 unspecified atom stereocenters. The predicted octanol–water partition coefficient (Wildman–Crippen LogP) is 2.97. The number of hydrogen-bond acceptors (Lipinski definition) is 7. The van der Waals surface area contributed by atoms with Gasteiger partial charge in [-0.3, -0.25) is 25.0 Å². The Bertz CT molecular complexity index is 1430. The number of aryl methyl sites for hydroxylation is 1. The topological polar surface area (TPSA) is 121 Å². The molecule has 0 fully saturated rings. The summed E-state index contributed by atoms with van der Waals surface area (Å²) in [6.45, 7) is 1.30. The van der Waals surface area contributed by atoms with Crippen LogP contribution in [0, 0.1) is 6.92 Å². The Hall–Kier alpha value is -4.86. The fourth-order valence-electron chi connectivity index (χ4n) is 3.66. The quantitative estimate of drug-likeness (QED) is 0.303. The van der Waals surface area contributed by atoms with Gasteiger partial charge in [-0.2, -0.15) is 0 Å². The smallest absolute Gasteiger partial charge is 0.338 e. The Morgan fingerprint density at radius 3 is 2.31 bits per heavy atom. The second-order valence-electron chi connectivity index (χ2n) is 7.68. The fourth-order valence-corrected chi connectivity index (χ4v) is 3.66. The van der Waals surface area contributed by atoms with Crippen LogP contribution in [0.2, 0.25) is 0 Å². The van der Waals surface area contributed by atoms with Crippen LogP contribution < -0.4 is 20.3 Å². The van der Waals surface area contributed by atoms with Crippen LogP contribution in [-0.2, 0) is 9.53 Å². The molecule has 0 saturated carbocycles. The van der Waals surface area contributed by atoms with E-state index in [4.69, 9.17) is 14.2 Å². The van der Waals surface area contributed by atoms with Crippen LogP contribution in [-0.4, -0.2) is 48.2 Å². The number of amides is 2. The summed E-state index contributed by atoms with van der Waals surface area (Å²) in [5, 5.41) is 0. The maximum Gasteiger partial charge on any atom is 0.338 e. The summed E-state index contributed by atoms with van der Waals surface area (Å²) >= 11 is 0. The van der Waals surface area contributed by atoms with E-state index >= 15 is 0 Å². The Balaban J connectivity index is 1.35. The second-order valence-corrected chi connectivity index (χ2v) is 7.68. The molecule has 2 N–H and O–H groups in total. The summed E-state index contributed by atoms with van der Waals surface area (Å²) in [4.78, 5) is 41.4. The van der Waals surface area contributed by atoms with Gasteiger partial charge in [0.1, 0.15) is 5.82 Å². The molecule has 4 aromatic rings. The Kier molecular flexibility index (Phi) is 7.15. The first-order chi connectivity index (χ1) is 17.4. The highest BCUT2D eigenvalue weighted by Gasteiger charge is 2.16. The lowest BCUT2D eigenvalue weighted by Gasteiger charge is -2.11. The Morgan fingerprint density at radius 2 is 1.58 bits per heavy atom. The summed E-state index contributed by atoms with van der Waals surface area (Å²) in [6.07, 6.45) is 0. The summed E-state index contributed by atoms with van der Waals surface area (Å²) in [5.41, 5.74) is 7.38. The number of hydrazine groups is 1. The first-order valence-corrected chi connectivity index (χ1v) is 10.9. The molecule has 10 heteroatoms. The van der Waals surface area contributed by atoms with E-state index in [1.165, 1.54) is 26.4 Å². The number of methoxy groups -OCH3 is 2.